The van der Waals surface area contributed by atoms with Gasteiger partial charge in [-0.25, -0.2) is 0 Å². The molecule has 1 amide bonds. The Hall–Kier alpha value is -1.87. The minimum Gasteiger partial charge on any atom is -0.359 e. The van der Waals surface area contributed by atoms with Crippen LogP contribution in [0.4, 0.5) is 18.9 Å². The fourth-order valence-electron chi connectivity index (χ4n) is 4.89. The number of carbonyl (C=O) groups excluding carboxylic acids is 1. The number of carbonyl (C=O) groups is 1. The van der Waals surface area contributed by atoms with Crippen molar-refractivity contribution in [1.29, 1.82) is 0 Å². The summed E-state index contributed by atoms with van der Waals surface area (Å²) < 4.78 is 40.2. The first-order chi connectivity index (χ1) is 13.7. The van der Waals surface area contributed by atoms with Gasteiger partial charge in [-0.3, -0.25) is 14.9 Å². The molecule has 1 N–H and O–H groups in total. The molecule has 6 nitrogen and oxygen atoms in total. The first-order valence-corrected chi connectivity index (χ1v) is 10.0. The lowest BCUT2D eigenvalue weighted by Gasteiger charge is -2.41. The van der Waals surface area contributed by atoms with Gasteiger partial charge in [-0.05, 0) is 56.3 Å². The number of rotatable bonds is 5. The van der Waals surface area contributed by atoms with Crippen molar-refractivity contribution in [2.45, 2.75) is 56.7 Å². The van der Waals surface area contributed by atoms with Crippen LogP contribution in [0.3, 0.4) is 0 Å². The second kappa shape index (κ2) is 9.96. The van der Waals surface area contributed by atoms with Crippen LogP contribution in [-0.2, 0) is 11.0 Å². The third-order valence-electron chi connectivity index (χ3n) is 6.19. The van der Waals surface area contributed by atoms with E-state index in [1.165, 1.54) is 7.05 Å². The van der Waals surface area contributed by atoms with Crippen LogP contribution in [0.25, 0.3) is 0 Å². The number of nitrogens with one attached hydrogen (secondary N) is 1. The summed E-state index contributed by atoms with van der Waals surface area (Å²) in [4.78, 5) is 25.6. The lowest BCUT2D eigenvalue weighted by Crippen LogP contribution is -2.46. The molecule has 0 aromatic heterocycles. The van der Waals surface area contributed by atoms with Gasteiger partial charge in [0.25, 0.3) is 5.69 Å². The zero-order chi connectivity index (χ0) is 21.2. The maximum absolute atomic E-state index is 13.4. The van der Waals surface area contributed by atoms with Crippen molar-refractivity contribution in [1.82, 2.24) is 10.2 Å². The van der Waals surface area contributed by atoms with Crippen LogP contribution in [0.15, 0.2) is 18.2 Å². The van der Waals surface area contributed by atoms with Gasteiger partial charge in [-0.2, -0.15) is 13.2 Å². The number of non-ortho nitro benzene ring substituents is 1. The SMILES string of the molecule is CNC(=O)C(c1cc([N+](=O)[O-])cc(C(F)(F)F)c1)[C@@H]1CCCC[C@H]1N1CCCC1.Cl. The molecule has 0 radical (unpaired) electrons. The number of nitro groups is 1. The number of nitro benzene ring substituents is 1. The van der Waals surface area contributed by atoms with Crippen molar-refractivity contribution in [2.24, 2.45) is 5.92 Å². The first kappa shape index (κ1) is 24.4. The van der Waals surface area contributed by atoms with E-state index in [9.17, 15) is 28.1 Å². The Bertz CT molecular complexity index is 769. The number of amides is 1. The molecule has 1 unspecified atom stereocenters. The van der Waals surface area contributed by atoms with Gasteiger partial charge < -0.3 is 10.2 Å². The van der Waals surface area contributed by atoms with Crippen molar-refractivity contribution >= 4 is 24.0 Å². The number of halogens is 4. The molecule has 1 saturated carbocycles. The molecule has 2 aliphatic rings. The van der Waals surface area contributed by atoms with Gasteiger partial charge in [0.15, 0.2) is 0 Å². The van der Waals surface area contributed by atoms with Gasteiger partial charge in [0.1, 0.15) is 0 Å². The second-order valence-corrected chi connectivity index (χ2v) is 7.92. The van der Waals surface area contributed by atoms with Gasteiger partial charge in [0, 0.05) is 25.2 Å². The maximum atomic E-state index is 13.4. The monoisotopic (exact) mass is 449 g/mol. The van der Waals surface area contributed by atoms with Crippen LogP contribution in [0.1, 0.15) is 55.6 Å². The standard InChI is InChI=1S/C20H26F3N3O3.ClH/c1-24-19(27)18(16-6-2-3-7-17(16)25-8-4-5-9-25)13-10-14(20(21,22)23)12-15(11-13)26(28)29;/h10-12,16-18H,2-9H2,1H3,(H,24,27);1H/t16-,17-,18?;/m1./s1. The summed E-state index contributed by atoms with van der Waals surface area (Å²) in [5.74, 6) is -1.42. The van der Waals surface area contributed by atoms with Crippen LogP contribution in [0, 0.1) is 16.0 Å². The van der Waals surface area contributed by atoms with Crippen LogP contribution in [0.2, 0.25) is 0 Å². The zero-order valence-electron chi connectivity index (χ0n) is 16.8. The fourth-order valence-corrected chi connectivity index (χ4v) is 4.89. The van der Waals surface area contributed by atoms with Crippen molar-refractivity contribution in [3.05, 3.63) is 39.4 Å². The predicted octanol–water partition coefficient (Wildman–Crippen LogP) is 4.52. The molecule has 1 aliphatic carbocycles. The van der Waals surface area contributed by atoms with E-state index in [4.69, 9.17) is 0 Å². The highest BCUT2D eigenvalue weighted by molar-refractivity contribution is 5.85. The smallest absolute Gasteiger partial charge is 0.359 e. The molecular formula is C20H27ClF3N3O3. The van der Waals surface area contributed by atoms with Crippen molar-refractivity contribution < 1.29 is 22.9 Å². The molecule has 1 aromatic rings. The van der Waals surface area contributed by atoms with Crippen LogP contribution >= 0.6 is 12.4 Å². The number of hydrogen-bond donors (Lipinski definition) is 1. The lowest BCUT2D eigenvalue weighted by molar-refractivity contribution is -0.385. The summed E-state index contributed by atoms with van der Waals surface area (Å²) >= 11 is 0. The van der Waals surface area contributed by atoms with Crippen molar-refractivity contribution in [3.8, 4) is 0 Å². The molecule has 3 atom stereocenters. The summed E-state index contributed by atoms with van der Waals surface area (Å²) in [5, 5.41) is 13.8. The van der Waals surface area contributed by atoms with E-state index >= 15 is 0 Å². The number of nitrogens with zero attached hydrogens (tertiary/aromatic N) is 2. The quantitative estimate of drug-likeness (QED) is 0.529. The van der Waals surface area contributed by atoms with Crippen molar-refractivity contribution in [2.75, 3.05) is 20.1 Å². The van der Waals surface area contributed by atoms with E-state index < -0.39 is 34.2 Å². The van der Waals surface area contributed by atoms with Gasteiger partial charge >= 0.3 is 6.18 Å². The van der Waals surface area contributed by atoms with E-state index in [1.807, 2.05) is 0 Å². The normalized spacial score (nSPS) is 23.5. The summed E-state index contributed by atoms with van der Waals surface area (Å²) in [6, 6.07) is 2.67. The number of alkyl halides is 3. The Kier molecular flexibility index (Phi) is 8.10. The number of likely N-dealkylation sites (N-methyl/N-ethyl adjacent to an activating group) is 1. The fraction of sp³-hybridized carbons (Fsp3) is 0.650. The molecule has 0 bridgehead atoms. The van der Waals surface area contributed by atoms with E-state index in [0.717, 1.165) is 57.3 Å². The third kappa shape index (κ3) is 5.24. The Morgan fingerprint density at radius 3 is 2.37 bits per heavy atom. The highest BCUT2D eigenvalue weighted by Crippen LogP contribution is 2.42. The van der Waals surface area contributed by atoms with E-state index in [2.05, 4.69) is 10.2 Å². The Balaban J connectivity index is 0.00000320. The summed E-state index contributed by atoms with van der Waals surface area (Å²) in [7, 11) is 1.45. The van der Waals surface area contributed by atoms with Gasteiger partial charge in [-0.1, -0.05) is 12.8 Å². The Morgan fingerprint density at radius 2 is 1.80 bits per heavy atom. The number of hydrogen-bond acceptors (Lipinski definition) is 4. The average molecular weight is 450 g/mol. The molecule has 10 heteroatoms. The van der Waals surface area contributed by atoms with Crippen LogP contribution < -0.4 is 5.32 Å². The number of likely N-dealkylation sites (tertiary alicyclic amines) is 1. The van der Waals surface area contributed by atoms with E-state index in [0.29, 0.717) is 12.5 Å². The van der Waals surface area contributed by atoms with Gasteiger partial charge in [0.2, 0.25) is 5.91 Å². The first-order valence-electron chi connectivity index (χ1n) is 10.0. The molecule has 1 saturated heterocycles. The zero-order valence-corrected chi connectivity index (χ0v) is 17.6. The minimum absolute atomic E-state index is 0. The largest absolute Gasteiger partial charge is 0.416 e. The van der Waals surface area contributed by atoms with Crippen LogP contribution in [-0.4, -0.2) is 41.9 Å². The van der Waals surface area contributed by atoms with Crippen LogP contribution in [0.5, 0.6) is 0 Å². The molecule has 30 heavy (non-hydrogen) atoms. The molecule has 168 valence electrons. The van der Waals surface area contributed by atoms with Crippen molar-refractivity contribution in [3.63, 3.8) is 0 Å². The molecule has 2 fully saturated rings. The second-order valence-electron chi connectivity index (χ2n) is 7.92. The third-order valence-corrected chi connectivity index (χ3v) is 6.19. The summed E-state index contributed by atoms with van der Waals surface area (Å²) in [6.07, 6.45) is 0.924. The topological polar surface area (TPSA) is 75.5 Å². The minimum atomic E-state index is -4.73. The van der Waals surface area contributed by atoms with E-state index in [1.54, 1.807) is 0 Å². The Labute approximate surface area is 179 Å². The number of benzene rings is 1. The van der Waals surface area contributed by atoms with Gasteiger partial charge in [0.05, 0.1) is 16.4 Å². The average Bonchev–Trinajstić information content (AvgIpc) is 3.22. The molecule has 3 rings (SSSR count). The van der Waals surface area contributed by atoms with E-state index in [-0.39, 0.29) is 29.9 Å². The highest BCUT2D eigenvalue weighted by atomic mass is 35.5. The van der Waals surface area contributed by atoms with Gasteiger partial charge in [-0.15, -0.1) is 12.4 Å². The summed E-state index contributed by atoms with van der Waals surface area (Å²) in [6.45, 7) is 1.84. The molecule has 0 spiro atoms. The summed E-state index contributed by atoms with van der Waals surface area (Å²) in [5.41, 5.74) is -1.66. The lowest BCUT2D eigenvalue weighted by atomic mass is 9.72. The molecule has 1 aliphatic heterocycles. The Morgan fingerprint density at radius 1 is 1.17 bits per heavy atom. The highest BCUT2D eigenvalue weighted by Gasteiger charge is 2.41. The molecule has 1 heterocycles. The predicted molar refractivity (Wildman–Crippen MR) is 109 cm³/mol. The molecule has 1 aromatic carbocycles. The maximum Gasteiger partial charge on any atom is 0.416 e. The molecular weight excluding hydrogens is 423 g/mol.